The Morgan fingerprint density at radius 2 is 2.50 bits per heavy atom. The van der Waals surface area contributed by atoms with Crippen LogP contribution in [0.2, 0.25) is 0 Å². The predicted octanol–water partition coefficient (Wildman–Crippen LogP) is 0.499. The molecule has 1 unspecified atom stereocenters. The lowest BCUT2D eigenvalue weighted by Gasteiger charge is -2.33. The molecule has 0 aromatic carbocycles. The predicted molar refractivity (Wildman–Crippen MR) is 68.1 cm³/mol. The summed E-state index contributed by atoms with van der Waals surface area (Å²) in [5.74, 6) is 0. The number of carbonyl (C=O) groups is 1. The van der Waals surface area contributed by atoms with Crippen LogP contribution in [0.1, 0.15) is 16.6 Å². The summed E-state index contributed by atoms with van der Waals surface area (Å²) < 4.78 is 0. The Labute approximate surface area is 108 Å². The topological polar surface area (TPSA) is 65.6 Å². The van der Waals surface area contributed by atoms with Crippen LogP contribution in [0.15, 0.2) is 17.4 Å². The molecule has 7 heteroatoms. The lowest BCUT2D eigenvalue weighted by atomic mass is 10.1. The van der Waals surface area contributed by atoms with E-state index in [0.717, 1.165) is 21.9 Å². The zero-order valence-electron chi connectivity index (χ0n) is 10.1. The van der Waals surface area contributed by atoms with Gasteiger partial charge in [-0.2, -0.15) is 0 Å². The first-order valence-electron chi connectivity index (χ1n) is 5.53. The number of nitrogens with one attached hydrogen (secondary N) is 1. The van der Waals surface area contributed by atoms with Crippen LogP contribution in [0.3, 0.4) is 0 Å². The number of hydrogen-bond donors (Lipinski definition) is 1. The Morgan fingerprint density at radius 1 is 1.72 bits per heavy atom. The Balaban J connectivity index is 2.28. The Bertz CT molecular complexity index is 496. The van der Waals surface area contributed by atoms with Gasteiger partial charge in [0, 0.05) is 18.8 Å². The number of aromatic amines is 1. The SMILES string of the molecule is C=CCON(C=O)C1CN(C)Cc2[nH]c(=O)sc21. The van der Waals surface area contributed by atoms with Crippen LogP contribution in [-0.4, -0.2) is 41.6 Å². The highest BCUT2D eigenvalue weighted by molar-refractivity contribution is 7.09. The van der Waals surface area contributed by atoms with Gasteiger partial charge in [-0.1, -0.05) is 17.4 Å². The number of aromatic nitrogens is 1. The van der Waals surface area contributed by atoms with E-state index in [1.54, 1.807) is 6.08 Å². The van der Waals surface area contributed by atoms with Crippen molar-refractivity contribution in [2.75, 3.05) is 20.2 Å². The number of hydrogen-bond acceptors (Lipinski definition) is 5. The fraction of sp³-hybridized carbons (Fsp3) is 0.455. The summed E-state index contributed by atoms with van der Waals surface area (Å²) in [5, 5.41) is 1.25. The van der Waals surface area contributed by atoms with E-state index in [1.807, 2.05) is 11.9 Å². The smallest absolute Gasteiger partial charge is 0.305 e. The number of fused-ring (bicyclic) bond motifs is 1. The molecule has 0 bridgehead atoms. The quantitative estimate of drug-likeness (QED) is 0.480. The first-order chi connectivity index (χ1) is 8.65. The molecule has 1 amide bonds. The number of thiazole rings is 1. The third-order valence-corrected chi connectivity index (χ3v) is 3.75. The van der Waals surface area contributed by atoms with Gasteiger partial charge in [0.25, 0.3) is 0 Å². The van der Waals surface area contributed by atoms with Gasteiger partial charge < -0.3 is 4.98 Å². The van der Waals surface area contributed by atoms with Crippen LogP contribution in [0.5, 0.6) is 0 Å². The van der Waals surface area contributed by atoms with Crippen molar-refractivity contribution < 1.29 is 9.63 Å². The number of amides is 1. The maximum atomic E-state index is 11.4. The molecule has 0 fully saturated rings. The van der Waals surface area contributed by atoms with Crippen LogP contribution in [0.25, 0.3) is 0 Å². The van der Waals surface area contributed by atoms with Crippen molar-refractivity contribution in [3.8, 4) is 0 Å². The normalized spacial score (nSPS) is 19.3. The van der Waals surface area contributed by atoms with Crippen LogP contribution in [0.4, 0.5) is 0 Å². The fourth-order valence-electron chi connectivity index (χ4n) is 2.00. The first kappa shape index (κ1) is 13.0. The number of carbonyl (C=O) groups excluding carboxylic acids is 1. The largest absolute Gasteiger partial charge is 0.315 e. The zero-order chi connectivity index (χ0) is 13.1. The van der Waals surface area contributed by atoms with Crippen molar-refractivity contribution in [1.82, 2.24) is 14.9 Å². The number of hydroxylamine groups is 2. The van der Waals surface area contributed by atoms with Gasteiger partial charge in [0.05, 0.1) is 11.5 Å². The molecule has 0 radical (unpaired) electrons. The summed E-state index contributed by atoms with van der Waals surface area (Å²) >= 11 is 1.13. The standard InChI is InChI=1S/C11H15N3O3S/c1-3-4-17-14(7-15)9-6-13(2)5-8-10(9)18-11(16)12-8/h3,7,9H,1,4-6H2,2H3,(H,12,16). The first-order valence-corrected chi connectivity index (χ1v) is 6.35. The molecule has 18 heavy (non-hydrogen) atoms. The summed E-state index contributed by atoms with van der Waals surface area (Å²) in [4.78, 5) is 33.4. The molecule has 0 saturated carbocycles. The van der Waals surface area contributed by atoms with Crippen LogP contribution in [0, 0.1) is 0 Å². The lowest BCUT2D eigenvalue weighted by molar-refractivity contribution is -0.185. The third kappa shape index (κ3) is 2.53. The molecular weight excluding hydrogens is 254 g/mol. The van der Waals surface area contributed by atoms with Gasteiger partial charge in [-0.3, -0.25) is 19.3 Å². The molecule has 1 atom stereocenters. The average Bonchev–Trinajstić information content (AvgIpc) is 2.70. The van der Waals surface area contributed by atoms with E-state index >= 15 is 0 Å². The minimum Gasteiger partial charge on any atom is -0.315 e. The Hall–Kier alpha value is -1.44. The molecule has 1 aromatic heterocycles. The molecule has 1 N–H and O–H groups in total. The Kier molecular flexibility index (Phi) is 3.95. The second-order valence-corrected chi connectivity index (χ2v) is 5.13. The summed E-state index contributed by atoms with van der Waals surface area (Å²) in [6.45, 7) is 5.12. The van der Waals surface area contributed by atoms with Crippen molar-refractivity contribution >= 4 is 17.7 Å². The third-order valence-electron chi connectivity index (χ3n) is 2.72. The number of rotatable bonds is 5. The molecule has 0 aliphatic carbocycles. The summed E-state index contributed by atoms with van der Waals surface area (Å²) in [6, 6.07) is -0.250. The van der Waals surface area contributed by atoms with Gasteiger partial charge >= 0.3 is 4.87 Å². The van der Waals surface area contributed by atoms with Gasteiger partial charge in [0.1, 0.15) is 6.04 Å². The van der Waals surface area contributed by atoms with E-state index < -0.39 is 0 Å². The highest BCUT2D eigenvalue weighted by Gasteiger charge is 2.31. The zero-order valence-corrected chi connectivity index (χ0v) is 10.9. The highest BCUT2D eigenvalue weighted by atomic mass is 32.1. The van der Waals surface area contributed by atoms with Crippen molar-refractivity contribution in [2.45, 2.75) is 12.6 Å². The van der Waals surface area contributed by atoms with E-state index in [0.29, 0.717) is 19.5 Å². The van der Waals surface area contributed by atoms with Crippen molar-refractivity contribution in [3.05, 3.63) is 32.9 Å². The molecule has 1 aliphatic rings. The molecule has 98 valence electrons. The van der Waals surface area contributed by atoms with E-state index in [1.165, 1.54) is 5.06 Å². The number of nitrogens with zero attached hydrogens (tertiary/aromatic N) is 2. The van der Waals surface area contributed by atoms with Gasteiger partial charge in [-0.15, -0.1) is 6.58 Å². The van der Waals surface area contributed by atoms with E-state index in [9.17, 15) is 9.59 Å². The molecular formula is C11H15N3O3S. The summed E-state index contributed by atoms with van der Waals surface area (Å²) in [5.41, 5.74) is 0.859. The number of H-pyrrole nitrogens is 1. The van der Waals surface area contributed by atoms with Crippen LogP contribution >= 0.6 is 11.3 Å². The second-order valence-electron chi connectivity index (χ2n) is 4.12. The molecule has 1 aliphatic heterocycles. The molecule has 0 saturated heterocycles. The summed E-state index contributed by atoms with van der Waals surface area (Å²) in [7, 11) is 1.93. The van der Waals surface area contributed by atoms with Crippen LogP contribution in [-0.2, 0) is 16.2 Å². The van der Waals surface area contributed by atoms with Crippen molar-refractivity contribution in [1.29, 1.82) is 0 Å². The minimum absolute atomic E-state index is 0.102. The molecule has 6 nitrogen and oxygen atoms in total. The van der Waals surface area contributed by atoms with Crippen molar-refractivity contribution in [3.63, 3.8) is 0 Å². The maximum Gasteiger partial charge on any atom is 0.305 e. The highest BCUT2D eigenvalue weighted by Crippen LogP contribution is 2.30. The van der Waals surface area contributed by atoms with E-state index in [2.05, 4.69) is 11.6 Å². The second kappa shape index (κ2) is 5.47. The Morgan fingerprint density at radius 3 is 3.17 bits per heavy atom. The van der Waals surface area contributed by atoms with Gasteiger partial charge in [-0.05, 0) is 7.05 Å². The van der Waals surface area contributed by atoms with Gasteiger partial charge in [0.2, 0.25) is 6.41 Å². The maximum absolute atomic E-state index is 11.4. The molecule has 2 rings (SSSR count). The van der Waals surface area contributed by atoms with Gasteiger partial charge in [-0.25, -0.2) is 5.06 Å². The van der Waals surface area contributed by atoms with Gasteiger partial charge in [0.15, 0.2) is 0 Å². The average molecular weight is 269 g/mol. The minimum atomic E-state index is -0.250. The molecule has 2 heterocycles. The lowest BCUT2D eigenvalue weighted by Crippen LogP contribution is -2.39. The number of likely N-dealkylation sites (N-methyl/N-ethyl adjacent to an activating group) is 1. The van der Waals surface area contributed by atoms with E-state index in [4.69, 9.17) is 4.84 Å². The van der Waals surface area contributed by atoms with Crippen LogP contribution < -0.4 is 4.87 Å². The molecule has 1 aromatic rings. The monoisotopic (exact) mass is 269 g/mol. The molecule has 0 spiro atoms. The summed E-state index contributed by atoms with van der Waals surface area (Å²) in [6.07, 6.45) is 2.21. The van der Waals surface area contributed by atoms with E-state index in [-0.39, 0.29) is 17.5 Å². The fourth-order valence-corrected chi connectivity index (χ4v) is 2.93. The van der Waals surface area contributed by atoms with Crippen molar-refractivity contribution in [2.24, 2.45) is 0 Å².